The molecule has 3 heterocycles. The highest BCUT2D eigenvalue weighted by molar-refractivity contribution is 7.00. The summed E-state index contributed by atoms with van der Waals surface area (Å²) >= 11 is 0. The van der Waals surface area contributed by atoms with Gasteiger partial charge in [0.2, 0.25) is 0 Å². The molecule has 0 bridgehead atoms. The van der Waals surface area contributed by atoms with E-state index in [1.165, 1.54) is 4.57 Å². The van der Waals surface area contributed by atoms with Gasteiger partial charge in [0.05, 0.1) is 35.7 Å². The lowest BCUT2D eigenvalue weighted by molar-refractivity contribution is 0.590. The molecule has 0 atom stereocenters. The number of rotatable bonds is 10. The molecule has 0 radical (unpaired) electrons. The predicted octanol–water partition coefficient (Wildman–Crippen LogP) is 20.3. The molecule has 0 aliphatic carbocycles. The topological polar surface area (TPSA) is 14.7 Å². The summed E-state index contributed by atoms with van der Waals surface area (Å²) in [6.45, 7) is 5.82. The highest BCUT2D eigenvalue weighted by Crippen LogP contribution is 2.50. The first-order chi connectivity index (χ1) is 50.2. The molecule has 0 fully saturated rings. The fraction of sp³-hybridized carbons (Fsp3) is 0.0488. The fourth-order valence-corrected chi connectivity index (χ4v) is 12.6. The van der Waals surface area contributed by atoms with E-state index >= 15 is 0 Å². The molecule has 16 rings (SSSR count). The molecule has 5 heteroatoms. The Balaban J connectivity index is 0.997. The van der Waals surface area contributed by atoms with Gasteiger partial charge >= 0.3 is 0 Å². The Kier molecular flexibility index (Phi) is 8.72. The van der Waals surface area contributed by atoms with E-state index in [9.17, 15) is 8.22 Å². The smallest absolute Gasteiger partial charge is 0.252 e. The second-order valence-electron chi connectivity index (χ2n) is 22.8. The van der Waals surface area contributed by atoms with E-state index in [0.717, 1.165) is 78.1 Å². The van der Waals surface area contributed by atoms with Crippen LogP contribution in [0.3, 0.4) is 0 Å². The van der Waals surface area contributed by atoms with Crippen LogP contribution in [0, 0.1) is 0 Å². The number of benzene rings is 13. The van der Waals surface area contributed by atoms with Gasteiger partial charge in [0, 0.05) is 67.6 Å². The van der Waals surface area contributed by atoms with Gasteiger partial charge in [0.25, 0.3) is 6.71 Å². The normalized spacial score (nSPS) is 15.4. The molecule has 0 N–H and O–H groups in total. The second-order valence-corrected chi connectivity index (χ2v) is 22.8. The zero-order chi connectivity index (χ0) is 73.8. The summed E-state index contributed by atoms with van der Waals surface area (Å²) in [4.78, 5) is 6.03. The average molecular weight is 1130 g/mol. The SMILES string of the molecule is [2H]c1c([2H])c([2H])c(-c2ccc3c(c2)N(c2cc(-c4ccccc4)cc(-c4ccccc4)c2)c2cc(C(C)(C)C)cc4c2B3c2ccc(N(c3ccc(-n5c6c([2H])c([2H])c([2H])c([2H])c6c6c([2H])c([2H])c([2H])c([2H])c65)cc3)c3c([2H])c([2H])c([2H])c([2H])c3[2H])cc2N4c2cccc(-c3ccccc3)c2)c([2H])c1[2H]. The Morgan fingerprint density at radius 3 is 1.41 bits per heavy atom. The summed E-state index contributed by atoms with van der Waals surface area (Å²) in [6, 6.07) is 57.9. The van der Waals surface area contributed by atoms with Crippen molar-refractivity contribution in [2.45, 2.75) is 26.2 Å². The van der Waals surface area contributed by atoms with Crippen molar-refractivity contribution in [2.24, 2.45) is 0 Å². The Bertz CT molecular complexity index is 5840. The predicted molar refractivity (Wildman–Crippen MR) is 370 cm³/mol. The summed E-state index contributed by atoms with van der Waals surface area (Å²) in [6.07, 6.45) is 0. The van der Waals surface area contributed by atoms with Gasteiger partial charge in [-0.05, 0) is 181 Å². The van der Waals surface area contributed by atoms with E-state index in [4.69, 9.17) is 16.4 Å². The van der Waals surface area contributed by atoms with Crippen LogP contribution in [0.1, 0.15) is 51.0 Å². The van der Waals surface area contributed by atoms with Gasteiger partial charge in [0.15, 0.2) is 0 Å². The molecular formula is C82H61BN4. The molecular weight excluding hydrogens is 1050 g/mol. The molecule has 14 aromatic rings. The molecule has 0 spiro atoms. The molecule has 0 unspecified atom stereocenters. The van der Waals surface area contributed by atoms with E-state index in [1.807, 2.05) is 121 Å². The van der Waals surface area contributed by atoms with Crippen molar-refractivity contribution >= 4 is 96.1 Å². The number of anilines is 9. The van der Waals surface area contributed by atoms with Crippen molar-refractivity contribution in [3.05, 3.63) is 321 Å². The lowest BCUT2D eigenvalue weighted by Gasteiger charge is -2.45. The van der Waals surface area contributed by atoms with Crippen molar-refractivity contribution in [2.75, 3.05) is 14.7 Å². The van der Waals surface area contributed by atoms with Crippen LogP contribution in [-0.2, 0) is 5.41 Å². The molecule has 0 saturated carbocycles. The minimum absolute atomic E-state index is 0.0245. The largest absolute Gasteiger partial charge is 0.311 e. The minimum Gasteiger partial charge on any atom is -0.311 e. The van der Waals surface area contributed by atoms with Crippen molar-refractivity contribution < 1.29 is 24.7 Å². The van der Waals surface area contributed by atoms with Crippen LogP contribution in [0.15, 0.2) is 315 Å². The molecule has 0 amide bonds. The van der Waals surface area contributed by atoms with Crippen molar-refractivity contribution in [3.63, 3.8) is 0 Å². The zero-order valence-electron chi connectivity index (χ0n) is 65.5. The summed E-state index contributed by atoms with van der Waals surface area (Å²) in [5.41, 5.74) is 13.7. The zero-order valence-corrected chi connectivity index (χ0v) is 47.5. The van der Waals surface area contributed by atoms with Gasteiger partial charge in [-0.1, -0.05) is 227 Å². The Morgan fingerprint density at radius 1 is 0.333 bits per heavy atom. The Hall–Kier alpha value is -10.9. The van der Waals surface area contributed by atoms with Gasteiger partial charge in [-0.3, -0.25) is 0 Å². The van der Waals surface area contributed by atoms with E-state index in [-0.39, 0.29) is 56.5 Å². The van der Waals surface area contributed by atoms with Gasteiger partial charge in [-0.2, -0.15) is 0 Å². The van der Waals surface area contributed by atoms with Crippen LogP contribution in [0.2, 0.25) is 0 Å². The maximum absolute atomic E-state index is 9.71. The maximum atomic E-state index is 9.71. The number of fused-ring (bicyclic) bond motifs is 7. The van der Waals surface area contributed by atoms with Crippen LogP contribution in [-0.4, -0.2) is 11.3 Å². The van der Waals surface area contributed by atoms with Crippen molar-refractivity contribution in [1.82, 2.24) is 4.57 Å². The Labute approximate surface area is 535 Å². The molecule has 13 aromatic carbocycles. The second kappa shape index (κ2) is 21.0. The third-order valence-corrected chi connectivity index (χ3v) is 16.7. The average Bonchev–Trinajstić information content (AvgIpc) is 1.19. The summed E-state index contributed by atoms with van der Waals surface area (Å²) < 4.78 is 165. The standard InChI is InChI=1S/C82H61BN4/c1-82(2,3)64-53-79-81-80(54-64)87(70-50-62(58-28-13-6-14-29-58)48-63(51-70)59-30-15-7-16-31-59)77-52-61(57-26-11-5-12-27-57)40-46-73(77)83(81)74-47-45-69(55-78(74)86(79)68-35-23-32-60(49-68)56-24-9-4-10-25-56)84(65-33-17-8-18-34-65)66-41-43-67(44-42-66)85-75-38-21-19-36-71(75)72-37-20-22-39-76(72)85/h4-55H,1-3H3/i5D,8D,11D,12D,17D,18D,19D,20D,21D,22D,26D,27D,33D,34D,36D,37D,38D,39D. The Morgan fingerprint density at radius 2 is 0.816 bits per heavy atom. The first-order valence-electron chi connectivity index (χ1n) is 37.8. The third kappa shape index (κ3) is 9.01. The third-order valence-electron chi connectivity index (χ3n) is 16.7. The van der Waals surface area contributed by atoms with Gasteiger partial charge in [-0.25, -0.2) is 0 Å². The van der Waals surface area contributed by atoms with Crippen LogP contribution >= 0.6 is 0 Å². The van der Waals surface area contributed by atoms with Crippen molar-refractivity contribution in [1.29, 1.82) is 0 Å². The maximum Gasteiger partial charge on any atom is 0.252 e. The van der Waals surface area contributed by atoms with Gasteiger partial charge in [-0.15, -0.1) is 0 Å². The monoisotopic (exact) mass is 1130 g/mol. The van der Waals surface area contributed by atoms with Crippen LogP contribution < -0.4 is 31.1 Å². The minimum atomic E-state index is -0.629. The molecule has 0 saturated heterocycles. The molecule has 412 valence electrons. The van der Waals surface area contributed by atoms with Crippen LogP contribution in [0.25, 0.3) is 72.0 Å². The van der Waals surface area contributed by atoms with Gasteiger partial charge < -0.3 is 19.3 Å². The van der Waals surface area contributed by atoms with E-state index in [0.29, 0.717) is 22.6 Å². The highest BCUT2D eigenvalue weighted by atomic mass is 15.2. The molecule has 87 heavy (non-hydrogen) atoms. The number of hydrogen-bond acceptors (Lipinski definition) is 3. The molecule has 4 nitrogen and oxygen atoms in total. The molecule has 2 aliphatic rings. The fourth-order valence-electron chi connectivity index (χ4n) is 12.6. The van der Waals surface area contributed by atoms with Gasteiger partial charge in [0.1, 0.15) is 0 Å². The first-order valence-corrected chi connectivity index (χ1v) is 28.8. The van der Waals surface area contributed by atoms with Crippen LogP contribution in [0.5, 0.6) is 0 Å². The number of aromatic nitrogens is 1. The number of nitrogens with zero attached hydrogens (tertiary/aromatic N) is 4. The van der Waals surface area contributed by atoms with Crippen LogP contribution in [0.4, 0.5) is 51.2 Å². The van der Waals surface area contributed by atoms with Crippen molar-refractivity contribution in [3.8, 4) is 50.2 Å². The summed E-state index contributed by atoms with van der Waals surface area (Å²) in [7, 11) is 0. The lowest BCUT2D eigenvalue weighted by atomic mass is 9.33. The lowest BCUT2D eigenvalue weighted by Crippen LogP contribution is -2.61. The number of para-hydroxylation sites is 3. The van der Waals surface area contributed by atoms with E-state index in [2.05, 4.69) is 91.2 Å². The van der Waals surface area contributed by atoms with E-state index in [1.54, 1.807) is 29.2 Å². The molecule has 2 aliphatic heterocycles. The highest BCUT2D eigenvalue weighted by Gasteiger charge is 2.45. The quantitative estimate of drug-likeness (QED) is 0.127. The van der Waals surface area contributed by atoms with E-state index < -0.39 is 109 Å². The first kappa shape index (κ1) is 36.1. The summed E-state index contributed by atoms with van der Waals surface area (Å²) in [5, 5.41) is -0.220. The number of hydrogen-bond donors (Lipinski definition) is 0. The molecule has 1 aromatic heterocycles. The summed E-state index contributed by atoms with van der Waals surface area (Å²) in [5.74, 6) is 0.